The topological polar surface area (TPSA) is 170 Å². The summed E-state index contributed by atoms with van der Waals surface area (Å²) < 4.78 is 56.2. The number of hydrogen-bond acceptors (Lipinski definition) is 11. The third-order valence-electron chi connectivity index (χ3n) is 9.34. The summed E-state index contributed by atoms with van der Waals surface area (Å²) in [4.78, 5) is 41.2. The fourth-order valence-electron chi connectivity index (χ4n) is 6.55. The van der Waals surface area contributed by atoms with Crippen LogP contribution < -0.4 is 24.4 Å². The van der Waals surface area contributed by atoms with Gasteiger partial charge in [-0.25, -0.2) is 13.3 Å². The zero-order valence-electron chi connectivity index (χ0n) is 29.7. The standard InChI is InChI=1S/C39H36ClN3O11S/c1-23-17-27(5-11-32(23)43-38(46)30-10-4-26(40)21-31(30)39(43)47)41-37(45)35-19-25(24-3-12-33-34(18-24)53-22-52-33)20-36(54-35)51-16-14-42(13-15-44)55(48,49)29-8-6-28(50-2)7-9-29/h3-12,17-19,21,25,36,44H,13-16,20,22H2,1-2H3,(H,41,45)/t25-,36+/m1/s1. The Balaban J connectivity index is 1.07. The van der Waals surface area contributed by atoms with Crippen molar-refractivity contribution in [1.29, 1.82) is 0 Å². The molecule has 3 amide bonds. The number of carbonyl (C=O) groups excluding carboxylic acids is 3. The fourth-order valence-corrected chi connectivity index (χ4v) is 8.14. The lowest BCUT2D eigenvalue weighted by Crippen LogP contribution is -2.37. The van der Waals surface area contributed by atoms with Gasteiger partial charge in [0, 0.05) is 36.1 Å². The molecule has 7 rings (SSSR count). The van der Waals surface area contributed by atoms with Gasteiger partial charge in [-0.1, -0.05) is 17.7 Å². The molecule has 16 heteroatoms. The van der Waals surface area contributed by atoms with Crippen molar-refractivity contribution in [3.63, 3.8) is 0 Å². The second-order valence-corrected chi connectivity index (χ2v) is 15.2. The summed E-state index contributed by atoms with van der Waals surface area (Å²) in [5.74, 6) is -0.344. The Morgan fingerprint density at radius 1 is 0.964 bits per heavy atom. The molecule has 0 aliphatic carbocycles. The molecule has 3 aliphatic heterocycles. The van der Waals surface area contributed by atoms with Crippen LogP contribution in [0.5, 0.6) is 17.2 Å². The number of rotatable bonds is 13. The van der Waals surface area contributed by atoms with Crippen molar-refractivity contribution >= 4 is 50.7 Å². The Morgan fingerprint density at radius 3 is 2.47 bits per heavy atom. The highest BCUT2D eigenvalue weighted by atomic mass is 35.5. The predicted octanol–water partition coefficient (Wildman–Crippen LogP) is 5.24. The minimum atomic E-state index is -3.99. The average Bonchev–Trinajstić information content (AvgIpc) is 3.75. The number of hydrogen-bond donors (Lipinski definition) is 2. The number of benzene rings is 4. The molecule has 0 unspecified atom stereocenters. The molecular formula is C39H36ClN3O11S. The van der Waals surface area contributed by atoms with E-state index in [1.54, 1.807) is 43.3 Å². The molecule has 0 spiro atoms. The molecule has 3 aliphatic rings. The quantitative estimate of drug-likeness (QED) is 0.170. The van der Waals surface area contributed by atoms with Gasteiger partial charge in [0.05, 0.1) is 42.0 Å². The molecule has 0 saturated carbocycles. The lowest BCUT2D eigenvalue weighted by molar-refractivity contribution is -0.143. The lowest BCUT2D eigenvalue weighted by Gasteiger charge is -2.30. The number of ether oxygens (including phenoxy) is 5. The van der Waals surface area contributed by atoms with E-state index >= 15 is 0 Å². The molecule has 286 valence electrons. The normalized spacial score (nSPS) is 17.5. The maximum absolute atomic E-state index is 13.8. The molecule has 0 aromatic heterocycles. The highest BCUT2D eigenvalue weighted by Crippen LogP contribution is 2.39. The van der Waals surface area contributed by atoms with Crippen LogP contribution >= 0.6 is 11.6 Å². The molecule has 2 atom stereocenters. The van der Waals surface area contributed by atoms with Crippen LogP contribution in [0.3, 0.4) is 0 Å². The number of allylic oxidation sites excluding steroid dienone is 1. The number of imide groups is 1. The van der Waals surface area contributed by atoms with Gasteiger partial charge in [0.15, 0.2) is 17.3 Å². The monoisotopic (exact) mass is 789 g/mol. The van der Waals surface area contributed by atoms with Gasteiger partial charge in [0.1, 0.15) is 5.75 Å². The van der Waals surface area contributed by atoms with Crippen molar-refractivity contribution in [3.05, 3.63) is 118 Å². The minimum Gasteiger partial charge on any atom is -0.497 e. The first-order valence-electron chi connectivity index (χ1n) is 17.2. The Morgan fingerprint density at radius 2 is 1.73 bits per heavy atom. The Bertz CT molecular complexity index is 2300. The van der Waals surface area contributed by atoms with Crippen LogP contribution in [0.1, 0.15) is 44.2 Å². The molecular weight excluding hydrogens is 754 g/mol. The van der Waals surface area contributed by atoms with Crippen LogP contribution in [0.15, 0.2) is 95.6 Å². The number of carbonyl (C=O) groups is 3. The van der Waals surface area contributed by atoms with E-state index in [-0.39, 0.29) is 60.6 Å². The van der Waals surface area contributed by atoms with Gasteiger partial charge >= 0.3 is 0 Å². The number of anilines is 2. The van der Waals surface area contributed by atoms with E-state index in [2.05, 4.69) is 5.32 Å². The van der Waals surface area contributed by atoms with Gasteiger partial charge in [-0.3, -0.25) is 14.4 Å². The number of nitrogens with one attached hydrogen (secondary N) is 1. The van der Waals surface area contributed by atoms with Crippen LogP contribution in [0.2, 0.25) is 5.02 Å². The number of fused-ring (bicyclic) bond motifs is 2. The summed E-state index contributed by atoms with van der Waals surface area (Å²) in [5, 5.41) is 12.8. The van der Waals surface area contributed by atoms with Crippen molar-refractivity contribution in [2.75, 3.05) is 50.4 Å². The predicted molar refractivity (Wildman–Crippen MR) is 200 cm³/mol. The summed E-state index contributed by atoms with van der Waals surface area (Å²) in [6.07, 6.45) is 0.984. The number of aryl methyl sites for hydroxylation is 1. The van der Waals surface area contributed by atoms with Crippen molar-refractivity contribution < 1.29 is 51.6 Å². The first kappa shape index (κ1) is 37.8. The van der Waals surface area contributed by atoms with E-state index in [0.29, 0.717) is 39.2 Å². The largest absolute Gasteiger partial charge is 0.497 e. The maximum Gasteiger partial charge on any atom is 0.290 e. The van der Waals surface area contributed by atoms with E-state index in [9.17, 15) is 27.9 Å². The maximum atomic E-state index is 13.8. The van der Waals surface area contributed by atoms with Gasteiger partial charge in [0.25, 0.3) is 17.7 Å². The number of methoxy groups -OCH3 is 1. The summed E-state index contributed by atoms with van der Waals surface area (Å²) >= 11 is 6.07. The van der Waals surface area contributed by atoms with Gasteiger partial charge < -0.3 is 34.1 Å². The van der Waals surface area contributed by atoms with Gasteiger partial charge in [-0.2, -0.15) is 4.31 Å². The Labute approximate surface area is 321 Å². The van der Waals surface area contributed by atoms with E-state index in [4.69, 9.17) is 35.3 Å². The number of amides is 3. The highest BCUT2D eigenvalue weighted by molar-refractivity contribution is 7.89. The molecule has 0 radical (unpaired) electrons. The fraction of sp³-hybridized carbons (Fsp3) is 0.256. The summed E-state index contributed by atoms with van der Waals surface area (Å²) in [7, 11) is -2.52. The van der Waals surface area contributed by atoms with Crippen LogP contribution in [0, 0.1) is 6.92 Å². The number of nitrogens with zero attached hydrogens (tertiary/aromatic N) is 2. The second kappa shape index (κ2) is 15.7. The molecule has 4 aromatic carbocycles. The number of sulfonamides is 1. The average molecular weight is 790 g/mol. The number of aliphatic hydroxyl groups excluding tert-OH is 1. The van der Waals surface area contributed by atoms with Crippen molar-refractivity contribution in [2.24, 2.45) is 0 Å². The number of aliphatic hydroxyl groups is 1. The molecule has 3 heterocycles. The second-order valence-electron chi connectivity index (χ2n) is 12.8. The van der Waals surface area contributed by atoms with Crippen LogP contribution in [-0.4, -0.2) is 82.0 Å². The van der Waals surface area contributed by atoms with E-state index in [1.165, 1.54) is 43.5 Å². The van der Waals surface area contributed by atoms with Crippen LogP contribution in [-0.2, 0) is 24.3 Å². The number of halogens is 1. The molecule has 0 saturated heterocycles. The smallest absolute Gasteiger partial charge is 0.290 e. The summed E-state index contributed by atoms with van der Waals surface area (Å²) in [5.41, 5.74) is 2.55. The van der Waals surface area contributed by atoms with Crippen LogP contribution in [0.4, 0.5) is 11.4 Å². The van der Waals surface area contributed by atoms with Gasteiger partial charge in [0.2, 0.25) is 23.1 Å². The highest BCUT2D eigenvalue weighted by Gasteiger charge is 2.38. The van der Waals surface area contributed by atoms with E-state index in [1.807, 2.05) is 12.1 Å². The summed E-state index contributed by atoms with van der Waals surface area (Å²) in [6.45, 7) is 0.990. The molecule has 14 nitrogen and oxygen atoms in total. The lowest BCUT2D eigenvalue weighted by atomic mass is 9.92. The minimum absolute atomic E-state index is 0.0253. The first-order valence-corrected chi connectivity index (χ1v) is 19.0. The SMILES string of the molecule is COc1ccc(S(=O)(=O)N(CCO)CCO[C@@H]2C[C@H](c3ccc4c(c3)OCO4)C=C(C(=O)Nc3ccc(N4C(=O)c5ccc(Cl)cc5C4=O)c(C)c3)O2)cc1. The third-order valence-corrected chi connectivity index (χ3v) is 11.5. The Kier molecular flexibility index (Phi) is 10.8. The molecule has 0 bridgehead atoms. The van der Waals surface area contributed by atoms with Gasteiger partial charge in [-0.05, 0) is 96.9 Å². The van der Waals surface area contributed by atoms with Crippen molar-refractivity contribution in [3.8, 4) is 17.2 Å². The first-order chi connectivity index (χ1) is 26.5. The third kappa shape index (κ3) is 7.74. The Hall–Kier alpha value is -5.45. The zero-order chi connectivity index (χ0) is 38.9. The zero-order valence-corrected chi connectivity index (χ0v) is 31.3. The van der Waals surface area contributed by atoms with Gasteiger partial charge in [-0.15, -0.1) is 0 Å². The molecule has 0 fully saturated rings. The van der Waals surface area contributed by atoms with Crippen molar-refractivity contribution in [2.45, 2.75) is 30.4 Å². The molecule has 55 heavy (non-hydrogen) atoms. The van der Waals surface area contributed by atoms with Crippen LogP contribution in [0.25, 0.3) is 0 Å². The van der Waals surface area contributed by atoms with E-state index < -0.39 is 40.6 Å². The molecule has 4 aromatic rings. The molecule has 2 N–H and O–H groups in total. The van der Waals surface area contributed by atoms with Crippen molar-refractivity contribution in [1.82, 2.24) is 4.31 Å². The summed E-state index contributed by atoms with van der Waals surface area (Å²) in [6, 6.07) is 20.7. The van der Waals surface area contributed by atoms with E-state index in [0.717, 1.165) is 14.8 Å².